The number of oxime groups is 1. The summed E-state index contributed by atoms with van der Waals surface area (Å²) in [5, 5.41) is 7.42. The fourth-order valence-corrected chi connectivity index (χ4v) is 5.39. The van der Waals surface area contributed by atoms with Crippen LogP contribution in [0.4, 0.5) is 9.93 Å². The first-order valence-electron chi connectivity index (χ1n) is 12.4. The molecule has 0 spiro atoms. The fraction of sp³-hybridized carbons (Fsp3) is 0.480. The summed E-state index contributed by atoms with van der Waals surface area (Å²) in [5.74, 6) is -2.56. The second-order valence-electron chi connectivity index (χ2n) is 10.0. The number of hydrogen-bond donors (Lipinski definition) is 2. The van der Waals surface area contributed by atoms with Crippen molar-refractivity contribution in [1.29, 1.82) is 0 Å². The van der Waals surface area contributed by atoms with Gasteiger partial charge in [-0.3, -0.25) is 19.3 Å². The van der Waals surface area contributed by atoms with Gasteiger partial charge in [-0.1, -0.05) is 11.2 Å². The number of nitrogens with zero attached hydrogens (tertiary/aromatic N) is 4. The van der Waals surface area contributed by atoms with Crippen molar-refractivity contribution in [3.63, 3.8) is 0 Å². The zero-order chi connectivity index (χ0) is 31.2. The summed E-state index contributed by atoms with van der Waals surface area (Å²) in [4.78, 5) is 74.5. The lowest BCUT2D eigenvalue weighted by atomic mass is 9.98. The van der Waals surface area contributed by atoms with Crippen LogP contribution < -0.4 is 11.1 Å². The average Bonchev–Trinajstić information content (AvgIpc) is 3.36. The van der Waals surface area contributed by atoms with Gasteiger partial charge in [-0.05, 0) is 32.4 Å². The Morgan fingerprint density at radius 3 is 2.55 bits per heavy atom. The van der Waals surface area contributed by atoms with Crippen molar-refractivity contribution in [2.75, 3.05) is 46.1 Å². The average molecular weight is 625 g/mol. The molecule has 1 aromatic heterocycles. The minimum Gasteiger partial charge on any atom is -0.445 e. The number of thiazole rings is 1. The number of β-lactam (4-membered cyclic amide) rings is 1. The van der Waals surface area contributed by atoms with E-state index in [2.05, 4.69) is 15.5 Å². The van der Waals surface area contributed by atoms with Gasteiger partial charge in [0.15, 0.2) is 10.8 Å². The Kier molecular flexibility index (Phi) is 10.6. The largest absolute Gasteiger partial charge is 0.445 e. The van der Waals surface area contributed by atoms with Gasteiger partial charge in [-0.25, -0.2) is 14.6 Å². The molecule has 0 bridgehead atoms. The summed E-state index contributed by atoms with van der Waals surface area (Å²) >= 11 is 2.39. The highest BCUT2D eigenvalue weighted by molar-refractivity contribution is 8.00. The normalized spacial score (nSPS) is 18.7. The third-order valence-corrected chi connectivity index (χ3v) is 7.60. The van der Waals surface area contributed by atoms with Crippen molar-refractivity contribution >= 4 is 63.8 Å². The van der Waals surface area contributed by atoms with Gasteiger partial charge in [0.1, 0.15) is 36.5 Å². The van der Waals surface area contributed by atoms with Gasteiger partial charge < -0.3 is 35.0 Å². The molecule has 1 aromatic rings. The SMILES string of the molecule is CO/N=C(\C(=O)N[C@@H]1C(=O)N2C(C(=O)OCOC(=O)C(C)(C)C)=C(/C=C\COC(=O)N(C)C)CS[C@H]12)c1csc(N)n1. The van der Waals surface area contributed by atoms with Crippen LogP contribution in [-0.4, -0.2) is 102 Å². The standard InChI is InChI=1S/C25H32N6O9S2/c1-25(2,3)22(35)40-12-39-21(34)17-13(8-7-9-38-24(36)30(4)5)10-41-20-16(19(33)31(17)20)28-18(32)15(29-37-6)14-11-42-23(26)27-14/h7-8,11,16,20H,9-10,12H2,1-6H3,(H2,26,27)(H,28,32)/b8-7-,29-15-/t16-,20-/m1/s1. The lowest BCUT2D eigenvalue weighted by Crippen LogP contribution is -2.71. The highest BCUT2D eigenvalue weighted by atomic mass is 32.2. The Bertz CT molecular complexity index is 1330. The molecule has 3 rings (SSSR count). The van der Waals surface area contributed by atoms with Crippen LogP contribution in [-0.2, 0) is 38.2 Å². The van der Waals surface area contributed by atoms with Crippen LogP contribution in [0.25, 0.3) is 0 Å². The molecule has 0 aromatic carbocycles. The van der Waals surface area contributed by atoms with Crippen LogP contribution in [0, 0.1) is 5.41 Å². The lowest BCUT2D eigenvalue weighted by molar-refractivity contribution is -0.173. The van der Waals surface area contributed by atoms with Crippen molar-refractivity contribution in [1.82, 2.24) is 20.1 Å². The monoisotopic (exact) mass is 624 g/mol. The van der Waals surface area contributed by atoms with Crippen molar-refractivity contribution in [3.05, 3.63) is 34.5 Å². The number of allylic oxidation sites excluding steroid dienone is 1. The van der Waals surface area contributed by atoms with E-state index in [0.29, 0.717) is 5.57 Å². The number of fused-ring (bicyclic) bond motifs is 1. The first-order chi connectivity index (χ1) is 19.8. The molecule has 1 fully saturated rings. The van der Waals surface area contributed by atoms with E-state index in [1.807, 2.05) is 0 Å². The zero-order valence-corrected chi connectivity index (χ0v) is 25.5. The van der Waals surface area contributed by atoms with E-state index in [9.17, 15) is 24.0 Å². The van der Waals surface area contributed by atoms with Crippen LogP contribution in [0.15, 0.2) is 34.0 Å². The van der Waals surface area contributed by atoms with E-state index in [1.165, 1.54) is 54.2 Å². The molecule has 2 aliphatic heterocycles. The van der Waals surface area contributed by atoms with E-state index >= 15 is 0 Å². The second-order valence-corrected chi connectivity index (χ2v) is 12.0. The Balaban J connectivity index is 1.79. The molecule has 3 N–H and O–H groups in total. The first-order valence-corrected chi connectivity index (χ1v) is 14.3. The molecule has 2 atom stereocenters. The molecule has 0 radical (unpaired) electrons. The van der Waals surface area contributed by atoms with Crippen molar-refractivity contribution < 1.29 is 43.0 Å². The number of rotatable bonds is 10. The number of nitrogens with one attached hydrogen (secondary N) is 1. The molecule has 15 nitrogen and oxygen atoms in total. The number of aromatic nitrogens is 1. The van der Waals surface area contributed by atoms with Crippen LogP contribution >= 0.6 is 23.1 Å². The smallest absolute Gasteiger partial charge is 0.409 e. The molecule has 42 heavy (non-hydrogen) atoms. The van der Waals surface area contributed by atoms with Gasteiger partial charge in [-0.2, -0.15) is 0 Å². The first kappa shape index (κ1) is 32.4. The molecule has 2 aliphatic rings. The Labute approximate surface area is 250 Å². The highest BCUT2D eigenvalue weighted by Gasteiger charge is 2.54. The topological polar surface area (TPSA) is 192 Å². The van der Waals surface area contributed by atoms with Gasteiger partial charge in [0.2, 0.25) is 6.79 Å². The highest BCUT2D eigenvalue weighted by Crippen LogP contribution is 2.41. The van der Waals surface area contributed by atoms with E-state index in [0.717, 1.165) is 11.3 Å². The minimum absolute atomic E-state index is 0.0878. The predicted octanol–water partition coefficient (Wildman–Crippen LogP) is 1.07. The van der Waals surface area contributed by atoms with Gasteiger partial charge in [0.25, 0.3) is 11.8 Å². The predicted molar refractivity (Wildman–Crippen MR) is 153 cm³/mol. The summed E-state index contributed by atoms with van der Waals surface area (Å²) in [6.45, 7) is 4.19. The molecule has 3 amide bonds. The molecule has 1 saturated heterocycles. The maximum Gasteiger partial charge on any atom is 0.409 e. The quantitative estimate of drug-likeness (QED) is 0.124. The van der Waals surface area contributed by atoms with Crippen LogP contribution in [0.2, 0.25) is 0 Å². The third-order valence-electron chi connectivity index (χ3n) is 5.62. The molecular weight excluding hydrogens is 592 g/mol. The summed E-state index contributed by atoms with van der Waals surface area (Å²) in [6, 6.07) is -1.01. The molecule has 0 saturated carbocycles. The van der Waals surface area contributed by atoms with Crippen molar-refractivity contribution in [2.24, 2.45) is 10.6 Å². The Morgan fingerprint density at radius 1 is 1.24 bits per heavy atom. The molecular formula is C25H32N6O9S2. The molecule has 228 valence electrons. The maximum atomic E-state index is 13.3. The summed E-state index contributed by atoms with van der Waals surface area (Å²) in [6.07, 6.45) is 2.50. The van der Waals surface area contributed by atoms with Gasteiger partial charge >= 0.3 is 18.0 Å². The number of nitrogen functional groups attached to an aromatic ring is 1. The molecule has 17 heteroatoms. The number of esters is 2. The maximum absolute atomic E-state index is 13.3. The van der Waals surface area contributed by atoms with Gasteiger partial charge in [0.05, 0.1) is 5.41 Å². The van der Waals surface area contributed by atoms with Crippen LogP contribution in [0.1, 0.15) is 26.5 Å². The van der Waals surface area contributed by atoms with E-state index in [-0.39, 0.29) is 34.6 Å². The molecule has 0 aliphatic carbocycles. The van der Waals surface area contributed by atoms with Crippen LogP contribution in [0.5, 0.6) is 0 Å². The number of carbonyl (C=O) groups is 5. The Hall–Kier alpha value is -4.12. The van der Waals surface area contributed by atoms with E-state index in [1.54, 1.807) is 26.8 Å². The van der Waals surface area contributed by atoms with E-state index < -0.39 is 53.5 Å². The lowest BCUT2D eigenvalue weighted by Gasteiger charge is -2.49. The van der Waals surface area contributed by atoms with Gasteiger partial charge in [0, 0.05) is 25.2 Å². The summed E-state index contributed by atoms with van der Waals surface area (Å²) in [5.41, 5.74) is 5.17. The second kappa shape index (κ2) is 13.7. The summed E-state index contributed by atoms with van der Waals surface area (Å²) in [7, 11) is 4.33. The fourth-order valence-electron chi connectivity index (χ4n) is 3.52. The minimum atomic E-state index is -1.01. The Morgan fingerprint density at radius 2 is 1.95 bits per heavy atom. The van der Waals surface area contributed by atoms with Gasteiger partial charge in [-0.15, -0.1) is 23.1 Å². The number of nitrogens with two attached hydrogens (primary N) is 1. The van der Waals surface area contributed by atoms with E-state index in [4.69, 9.17) is 24.8 Å². The number of hydrogen-bond acceptors (Lipinski definition) is 14. The van der Waals surface area contributed by atoms with Crippen LogP contribution in [0.3, 0.4) is 0 Å². The number of anilines is 1. The molecule has 0 unspecified atom stereocenters. The number of ether oxygens (including phenoxy) is 3. The number of thioether (sulfide) groups is 1. The summed E-state index contributed by atoms with van der Waals surface area (Å²) < 4.78 is 15.3. The number of carbonyl (C=O) groups excluding carboxylic acids is 5. The molecule has 3 heterocycles. The van der Waals surface area contributed by atoms with Crippen molar-refractivity contribution in [2.45, 2.75) is 32.2 Å². The van der Waals surface area contributed by atoms with Crippen molar-refractivity contribution in [3.8, 4) is 0 Å². The third kappa shape index (κ3) is 7.58. The number of amides is 3. The zero-order valence-electron chi connectivity index (χ0n) is 23.9.